The maximum Gasteiger partial charge on any atom is 0.573 e. The van der Waals surface area contributed by atoms with E-state index in [1.807, 2.05) is 6.92 Å². The van der Waals surface area contributed by atoms with Gasteiger partial charge >= 0.3 is 19.8 Å². The van der Waals surface area contributed by atoms with Crippen molar-refractivity contribution < 1.29 is 54.6 Å². The van der Waals surface area contributed by atoms with E-state index in [0.29, 0.717) is 66.9 Å². The Morgan fingerprint density at radius 1 is 0.548 bits per heavy atom. The highest BCUT2D eigenvalue weighted by Crippen LogP contribution is 2.33. The van der Waals surface area contributed by atoms with E-state index in [9.17, 15) is 35.1 Å². The lowest BCUT2D eigenvalue weighted by molar-refractivity contribution is -0.275. The summed E-state index contributed by atoms with van der Waals surface area (Å²) in [6.45, 7) is 3.66. The van der Waals surface area contributed by atoms with Crippen molar-refractivity contribution in [3.63, 3.8) is 0 Å². The van der Waals surface area contributed by atoms with Crippen LogP contribution in [0.5, 0.6) is 11.5 Å². The molecule has 62 heavy (non-hydrogen) atoms. The Labute approximate surface area is 351 Å². The summed E-state index contributed by atoms with van der Waals surface area (Å²) in [6, 6.07) is 21.4. The zero-order valence-corrected chi connectivity index (χ0v) is 33.3. The van der Waals surface area contributed by atoms with Gasteiger partial charge in [-0.1, -0.05) is 23.7 Å². The average Bonchev–Trinajstić information content (AvgIpc) is 3.66. The molecular formula is C40H30BClF8N8O4. The second-order valence-corrected chi connectivity index (χ2v) is 13.5. The number of benzene rings is 4. The predicted molar refractivity (Wildman–Crippen MR) is 213 cm³/mol. The molecule has 0 aliphatic heterocycles. The van der Waals surface area contributed by atoms with E-state index >= 15 is 0 Å². The lowest BCUT2D eigenvalue weighted by Crippen LogP contribution is -2.29. The van der Waals surface area contributed by atoms with Crippen molar-refractivity contribution in [3.8, 4) is 45.5 Å². The Balaban J connectivity index is 0.000000167. The first-order chi connectivity index (χ1) is 29.2. The van der Waals surface area contributed by atoms with E-state index in [0.717, 1.165) is 30.0 Å². The van der Waals surface area contributed by atoms with Gasteiger partial charge < -0.3 is 19.5 Å². The molecule has 0 saturated heterocycles. The Kier molecular flexibility index (Phi) is 13.1. The van der Waals surface area contributed by atoms with Gasteiger partial charge in [-0.2, -0.15) is 10.2 Å². The monoisotopic (exact) mass is 884 g/mol. The molecular weight excluding hydrogens is 855 g/mol. The molecule has 2 N–H and O–H groups in total. The minimum absolute atomic E-state index is 0.0968. The van der Waals surface area contributed by atoms with Crippen LogP contribution in [0.1, 0.15) is 11.4 Å². The minimum atomic E-state index is -4.77. The third-order valence-electron chi connectivity index (χ3n) is 8.64. The minimum Gasteiger partial charge on any atom is -0.423 e. The second-order valence-electron chi connectivity index (χ2n) is 13.1. The molecule has 0 radical (unpaired) electrons. The SMILES string of the molecule is Cc1nn(C)c2c(-c3ccc(OC(F)(F)F)cc3)nc(-c3ccc(F)cc3)nc12.Cc1nn(C)c2c(Cl)nc(-c3ccc(F)cc3)nc12.OB(O)c1ccc(OC(F)(F)F)cc1. The maximum atomic E-state index is 13.3. The Morgan fingerprint density at radius 3 is 1.37 bits per heavy atom. The van der Waals surface area contributed by atoms with Gasteiger partial charge in [-0.15, -0.1) is 26.3 Å². The fourth-order valence-electron chi connectivity index (χ4n) is 5.94. The van der Waals surface area contributed by atoms with Crippen molar-refractivity contribution in [2.45, 2.75) is 26.6 Å². The van der Waals surface area contributed by atoms with Gasteiger partial charge in [0.05, 0.1) is 11.4 Å². The van der Waals surface area contributed by atoms with Crippen molar-refractivity contribution >= 4 is 46.2 Å². The molecule has 0 aliphatic carbocycles. The molecule has 0 spiro atoms. The number of alkyl halides is 6. The Hall–Kier alpha value is -6.71. The summed E-state index contributed by atoms with van der Waals surface area (Å²) in [5, 5.41) is 26.3. The summed E-state index contributed by atoms with van der Waals surface area (Å²) < 4.78 is 109. The molecule has 4 aromatic heterocycles. The molecule has 0 saturated carbocycles. The number of hydrogen-bond acceptors (Lipinski definition) is 10. The van der Waals surface area contributed by atoms with Gasteiger partial charge in [0.15, 0.2) is 16.8 Å². The molecule has 0 amide bonds. The van der Waals surface area contributed by atoms with E-state index in [4.69, 9.17) is 21.6 Å². The van der Waals surface area contributed by atoms with Crippen LogP contribution in [0.2, 0.25) is 5.15 Å². The smallest absolute Gasteiger partial charge is 0.423 e. The number of aryl methyl sites for hydroxylation is 4. The van der Waals surface area contributed by atoms with Crippen LogP contribution < -0.4 is 14.9 Å². The molecule has 8 aromatic rings. The van der Waals surface area contributed by atoms with Crippen molar-refractivity contribution in [1.82, 2.24) is 39.5 Å². The topological polar surface area (TPSA) is 146 Å². The van der Waals surface area contributed by atoms with E-state index in [1.54, 1.807) is 54.6 Å². The van der Waals surface area contributed by atoms with E-state index < -0.39 is 25.6 Å². The Bertz CT molecular complexity index is 2820. The van der Waals surface area contributed by atoms with Gasteiger partial charge in [-0.05, 0) is 104 Å². The highest BCUT2D eigenvalue weighted by molar-refractivity contribution is 6.58. The summed E-state index contributed by atoms with van der Waals surface area (Å²) in [7, 11) is 1.83. The summed E-state index contributed by atoms with van der Waals surface area (Å²) >= 11 is 6.18. The number of aromatic nitrogens is 8. The first-order valence-electron chi connectivity index (χ1n) is 17.8. The summed E-state index contributed by atoms with van der Waals surface area (Å²) in [5.41, 5.74) is 6.59. The fraction of sp³-hybridized carbons (Fsp3) is 0.150. The first-order valence-corrected chi connectivity index (χ1v) is 18.2. The predicted octanol–water partition coefficient (Wildman–Crippen LogP) is 8.44. The number of nitrogens with zero attached hydrogens (tertiary/aromatic N) is 8. The van der Waals surface area contributed by atoms with Gasteiger partial charge in [0, 0.05) is 30.8 Å². The molecule has 0 aliphatic rings. The van der Waals surface area contributed by atoms with Crippen LogP contribution in [0.25, 0.3) is 56.1 Å². The van der Waals surface area contributed by atoms with Crippen LogP contribution in [0.4, 0.5) is 35.1 Å². The molecule has 22 heteroatoms. The first kappa shape index (κ1) is 44.8. The van der Waals surface area contributed by atoms with E-state index in [2.05, 4.69) is 39.6 Å². The van der Waals surface area contributed by atoms with Gasteiger partial charge in [-0.25, -0.2) is 28.7 Å². The lowest BCUT2D eigenvalue weighted by atomic mass is 9.80. The van der Waals surface area contributed by atoms with E-state index in [-0.39, 0.29) is 22.8 Å². The zero-order valence-electron chi connectivity index (χ0n) is 32.5. The second kappa shape index (κ2) is 18.1. The molecule has 320 valence electrons. The van der Waals surface area contributed by atoms with Gasteiger partial charge in [0.1, 0.15) is 50.9 Å². The standard InChI is InChI=1S/C20H14F4N4O.C13H10ClFN4.C7H6BF3O3/c1-11-16-18(28(2)27-11)17(12-5-9-15(10-6-12)29-20(22,23)24)26-19(25-16)13-3-7-14(21)8-4-13;1-7-10-11(19(2)18-7)12(14)17-13(16-10)8-3-5-9(15)6-4-8;9-7(10,11)14-6-3-1-5(2-4-6)8(12)13/h3-10H,1-2H3;3-6H,1-2H3;1-4,12-13H. The molecule has 0 fully saturated rings. The van der Waals surface area contributed by atoms with Gasteiger partial charge in [0.25, 0.3) is 0 Å². The van der Waals surface area contributed by atoms with Crippen molar-refractivity contribution in [2.75, 3.05) is 0 Å². The summed E-state index contributed by atoms with van der Waals surface area (Å²) in [6.07, 6.45) is -9.50. The van der Waals surface area contributed by atoms with Crippen LogP contribution in [-0.2, 0) is 14.1 Å². The van der Waals surface area contributed by atoms with Crippen molar-refractivity contribution in [3.05, 3.63) is 125 Å². The number of hydrogen-bond donors (Lipinski definition) is 2. The number of fused-ring (bicyclic) bond motifs is 2. The van der Waals surface area contributed by atoms with Gasteiger partial charge in [-0.3, -0.25) is 9.36 Å². The third kappa shape index (κ3) is 11.0. The van der Waals surface area contributed by atoms with Crippen LogP contribution in [0.3, 0.4) is 0 Å². The molecule has 4 aromatic carbocycles. The largest absolute Gasteiger partial charge is 0.573 e. The highest BCUT2D eigenvalue weighted by Gasteiger charge is 2.32. The van der Waals surface area contributed by atoms with Gasteiger partial charge in [0.2, 0.25) is 0 Å². The Morgan fingerprint density at radius 2 is 0.935 bits per heavy atom. The highest BCUT2D eigenvalue weighted by atomic mass is 35.5. The molecule has 0 atom stereocenters. The molecule has 0 bridgehead atoms. The summed E-state index contributed by atoms with van der Waals surface area (Å²) in [4.78, 5) is 17.9. The zero-order chi connectivity index (χ0) is 45.1. The number of rotatable bonds is 6. The quantitative estimate of drug-likeness (QED) is 0.0948. The number of ether oxygens (including phenoxy) is 2. The van der Waals surface area contributed by atoms with Crippen molar-refractivity contribution in [2.24, 2.45) is 14.1 Å². The van der Waals surface area contributed by atoms with Crippen LogP contribution >= 0.6 is 11.6 Å². The van der Waals surface area contributed by atoms with E-state index in [1.165, 1.54) is 48.5 Å². The number of halogens is 9. The molecule has 12 nitrogen and oxygen atoms in total. The molecule has 8 rings (SSSR count). The molecule has 4 heterocycles. The summed E-state index contributed by atoms with van der Waals surface area (Å²) in [5.74, 6) is -0.581. The normalized spacial score (nSPS) is 11.5. The lowest BCUT2D eigenvalue weighted by Gasteiger charge is -2.11. The van der Waals surface area contributed by atoms with Crippen molar-refractivity contribution in [1.29, 1.82) is 0 Å². The third-order valence-corrected chi connectivity index (χ3v) is 8.90. The molecule has 0 unspecified atom stereocenters. The maximum absolute atomic E-state index is 13.3. The fourth-order valence-corrected chi connectivity index (χ4v) is 6.23. The van der Waals surface area contributed by atoms with Crippen LogP contribution in [-0.4, -0.2) is 69.4 Å². The van der Waals surface area contributed by atoms with Crippen LogP contribution in [0, 0.1) is 25.5 Å². The average molecular weight is 885 g/mol. The van der Waals surface area contributed by atoms with Crippen LogP contribution in [0.15, 0.2) is 97.1 Å².